The van der Waals surface area contributed by atoms with Gasteiger partial charge in [-0.2, -0.15) is 0 Å². The Hall–Kier alpha value is -1.48. The first kappa shape index (κ1) is 14.9. The predicted octanol–water partition coefficient (Wildman–Crippen LogP) is 1.96. The first-order valence-corrected chi connectivity index (χ1v) is 8.12. The summed E-state index contributed by atoms with van der Waals surface area (Å²) in [5, 5.41) is 4.82. The molecule has 1 aromatic carbocycles. The number of nitrogens with zero attached hydrogens (tertiary/aromatic N) is 1. The molecule has 0 saturated heterocycles. The third-order valence-corrected chi connectivity index (χ3v) is 4.84. The number of hydrogen-bond donors (Lipinski definition) is 2. The largest absolute Gasteiger partial charge is 0.298 e. The highest BCUT2D eigenvalue weighted by Gasteiger charge is 2.17. The van der Waals surface area contributed by atoms with Crippen LogP contribution in [-0.4, -0.2) is 26.4 Å². The zero-order chi connectivity index (χ0) is 14.8. The van der Waals surface area contributed by atoms with Gasteiger partial charge in [0.25, 0.3) is 5.91 Å². The summed E-state index contributed by atoms with van der Waals surface area (Å²) in [6.45, 7) is 0. The van der Waals surface area contributed by atoms with Crippen LogP contribution in [0.3, 0.4) is 0 Å². The molecule has 0 radical (unpaired) electrons. The molecule has 9 heteroatoms. The first-order valence-electron chi connectivity index (χ1n) is 5.38. The number of thiazole rings is 1. The zero-order valence-electron chi connectivity index (χ0n) is 10.3. The van der Waals surface area contributed by atoms with Crippen molar-refractivity contribution in [3.05, 3.63) is 40.4 Å². The van der Waals surface area contributed by atoms with Crippen LogP contribution < -0.4 is 10.0 Å². The molecule has 0 aliphatic carbocycles. The second kappa shape index (κ2) is 5.88. The lowest BCUT2D eigenvalue weighted by Gasteiger charge is -2.07. The van der Waals surface area contributed by atoms with Gasteiger partial charge in [0, 0.05) is 11.6 Å². The molecule has 0 atom stereocenters. The van der Waals surface area contributed by atoms with Gasteiger partial charge in [0.2, 0.25) is 10.0 Å². The number of amides is 1. The van der Waals surface area contributed by atoms with Crippen molar-refractivity contribution in [2.45, 2.75) is 4.90 Å². The number of anilines is 1. The molecular formula is C11H10ClN3O3S2. The van der Waals surface area contributed by atoms with Crippen molar-refractivity contribution < 1.29 is 13.2 Å². The minimum Gasteiger partial charge on any atom is -0.298 e. The fourth-order valence-corrected chi connectivity index (χ4v) is 2.90. The van der Waals surface area contributed by atoms with Gasteiger partial charge in [-0.1, -0.05) is 11.6 Å². The monoisotopic (exact) mass is 331 g/mol. The highest BCUT2D eigenvalue weighted by Crippen LogP contribution is 2.22. The zero-order valence-corrected chi connectivity index (χ0v) is 12.6. The Labute approximate surface area is 124 Å². The van der Waals surface area contributed by atoms with Gasteiger partial charge in [-0.25, -0.2) is 18.1 Å². The Bertz CT molecular complexity index is 729. The Morgan fingerprint density at radius 3 is 2.75 bits per heavy atom. The predicted molar refractivity (Wildman–Crippen MR) is 77.8 cm³/mol. The summed E-state index contributed by atoms with van der Waals surface area (Å²) in [6, 6.07) is 3.91. The van der Waals surface area contributed by atoms with Gasteiger partial charge in [0.15, 0.2) is 5.13 Å². The van der Waals surface area contributed by atoms with E-state index in [0.29, 0.717) is 5.13 Å². The molecule has 0 saturated carbocycles. The lowest BCUT2D eigenvalue weighted by atomic mass is 10.2. The van der Waals surface area contributed by atoms with Crippen LogP contribution in [0, 0.1) is 0 Å². The number of carbonyl (C=O) groups is 1. The van der Waals surface area contributed by atoms with Gasteiger partial charge in [0.05, 0.1) is 15.5 Å². The number of halogens is 1. The normalized spacial score (nSPS) is 11.3. The van der Waals surface area contributed by atoms with Gasteiger partial charge in [-0.15, -0.1) is 11.3 Å². The fourth-order valence-electron chi connectivity index (χ4n) is 1.41. The van der Waals surface area contributed by atoms with Crippen molar-refractivity contribution in [3.8, 4) is 0 Å². The molecule has 2 rings (SSSR count). The lowest BCUT2D eigenvalue weighted by molar-refractivity contribution is 0.102. The van der Waals surface area contributed by atoms with Crippen LogP contribution >= 0.6 is 22.9 Å². The Balaban J connectivity index is 2.36. The summed E-state index contributed by atoms with van der Waals surface area (Å²) >= 11 is 7.18. The summed E-state index contributed by atoms with van der Waals surface area (Å²) in [6.07, 6.45) is 1.55. The van der Waals surface area contributed by atoms with E-state index in [0.717, 1.165) is 0 Å². The SMILES string of the molecule is CNS(=O)(=O)c1ccc(Cl)c(C(=O)Nc2nccs2)c1. The molecule has 106 valence electrons. The van der Waals surface area contributed by atoms with Gasteiger partial charge in [-0.3, -0.25) is 10.1 Å². The third-order valence-electron chi connectivity index (χ3n) is 2.41. The molecule has 20 heavy (non-hydrogen) atoms. The molecule has 0 aliphatic rings. The first-order chi connectivity index (χ1) is 9.44. The molecule has 0 fully saturated rings. The highest BCUT2D eigenvalue weighted by atomic mass is 35.5. The average Bonchev–Trinajstić information content (AvgIpc) is 2.91. The van der Waals surface area contributed by atoms with Crippen molar-refractivity contribution in [2.75, 3.05) is 12.4 Å². The van der Waals surface area contributed by atoms with E-state index in [1.54, 1.807) is 11.6 Å². The van der Waals surface area contributed by atoms with Crippen LogP contribution in [-0.2, 0) is 10.0 Å². The van der Waals surface area contributed by atoms with Crippen molar-refractivity contribution in [2.24, 2.45) is 0 Å². The maximum absolute atomic E-state index is 12.1. The van der Waals surface area contributed by atoms with Crippen LogP contribution in [0.2, 0.25) is 5.02 Å². The summed E-state index contributed by atoms with van der Waals surface area (Å²) in [5.74, 6) is -0.516. The van der Waals surface area contributed by atoms with Crippen molar-refractivity contribution in [1.82, 2.24) is 9.71 Å². The fraction of sp³-hybridized carbons (Fsp3) is 0.0909. The van der Waals surface area contributed by atoms with Crippen molar-refractivity contribution in [1.29, 1.82) is 0 Å². The minimum atomic E-state index is -3.63. The van der Waals surface area contributed by atoms with Crippen LogP contribution in [0.25, 0.3) is 0 Å². The minimum absolute atomic E-state index is 0.0336. The molecule has 1 heterocycles. The number of aromatic nitrogens is 1. The third kappa shape index (κ3) is 3.15. The number of hydrogen-bond acceptors (Lipinski definition) is 5. The quantitative estimate of drug-likeness (QED) is 0.896. The second-order valence-corrected chi connectivity index (χ2v) is 6.83. The van der Waals surface area contributed by atoms with Crippen LogP contribution in [0.15, 0.2) is 34.7 Å². The number of nitrogens with one attached hydrogen (secondary N) is 2. The average molecular weight is 332 g/mol. The van der Waals surface area contributed by atoms with Gasteiger partial charge < -0.3 is 0 Å². The standard InChI is InChI=1S/C11H10ClN3O3S2/c1-13-20(17,18)7-2-3-9(12)8(6-7)10(16)15-11-14-4-5-19-11/h2-6,13H,1H3,(H,14,15,16). The molecule has 1 aromatic heterocycles. The number of sulfonamides is 1. The van der Waals surface area contributed by atoms with E-state index >= 15 is 0 Å². The van der Waals surface area contributed by atoms with E-state index in [4.69, 9.17) is 11.6 Å². The molecule has 2 aromatic rings. The summed E-state index contributed by atoms with van der Waals surface area (Å²) < 4.78 is 25.6. The second-order valence-electron chi connectivity index (χ2n) is 3.64. The molecular weight excluding hydrogens is 322 g/mol. The molecule has 0 unspecified atom stereocenters. The maximum Gasteiger partial charge on any atom is 0.259 e. The summed E-state index contributed by atoms with van der Waals surface area (Å²) in [4.78, 5) is 15.9. The smallest absolute Gasteiger partial charge is 0.259 e. The van der Waals surface area contributed by atoms with E-state index in [-0.39, 0.29) is 15.5 Å². The van der Waals surface area contributed by atoms with Crippen LogP contribution in [0.1, 0.15) is 10.4 Å². The highest BCUT2D eigenvalue weighted by molar-refractivity contribution is 7.89. The topological polar surface area (TPSA) is 88.2 Å². The number of benzene rings is 1. The van der Waals surface area contributed by atoms with Crippen LogP contribution in [0.4, 0.5) is 5.13 Å². The van der Waals surface area contributed by atoms with Crippen molar-refractivity contribution >= 4 is 44.0 Å². The molecule has 1 amide bonds. The summed E-state index contributed by atoms with van der Waals surface area (Å²) in [5.41, 5.74) is 0.0678. The molecule has 0 aliphatic heterocycles. The van der Waals surface area contributed by atoms with E-state index in [1.807, 2.05) is 0 Å². The maximum atomic E-state index is 12.1. The van der Waals surface area contributed by atoms with E-state index in [1.165, 1.54) is 36.6 Å². The molecule has 6 nitrogen and oxygen atoms in total. The molecule has 2 N–H and O–H groups in total. The van der Waals surface area contributed by atoms with Crippen LogP contribution in [0.5, 0.6) is 0 Å². The van der Waals surface area contributed by atoms with E-state index in [2.05, 4.69) is 15.0 Å². The van der Waals surface area contributed by atoms with E-state index < -0.39 is 15.9 Å². The molecule has 0 bridgehead atoms. The summed E-state index contributed by atoms with van der Waals surface area (Å²) in [7, 11) is -2.34. The Kier molecular flexibility index (Phi) is 4.39. The number of carbonyl (C=O) groups excluding carboxylic acids is 1. The lowest BCUT2D eigenvalue weighted by Crippen LogP contribution is -2.20. The molecule has 0 spiro atoms. The van der Waals surface area contributed by atoms with Gasteiger partial charge in [0.1, 0.15) is 0 Å². The van der Waals surface area contributed by atoms with Gasteiger partial charge in [-0.05, 0) is 25.2 Å². The van der Waals surface area contributed by atoms with Crippen molar-refractivity contribution in [3.63, 3.8) is 0 Å². The Morgan fingerprint density at radius 1 is 1.40 bits per heavy atom. The van der Waals surface area contributed by atoms with Gasteiger partial charge >= 0.3 is 0 Å². The number of rotatable bonds is 4. The Morgan fingerprint density at radius 2 is 2.15 bits per heavy atom. The van der Waals surface area contributed by atoms with E-state index in [9.17, 15) is 13.2 Å².